The van der Waals surface area contributed by atoms with Gasteiger partial charge in [0.2, 0.25) is 11.8 Å². The molecule has 0 radical (unpaired) electrons. The summed E-state index contributed by atoms with van der Waals surface area (Å²) in [4.78, 5) is 24.7. The van der Waals surface area contributed by atoms with Crippen LogP contribution in [0.1, 0.15) is 12.0 Å². The summed E-state index contributed by atoms with van der Waals surface area (Å²) < 4.78 is 0. The Morgan fingerprint density at radius 2 is 2.18 bits per heavy atom. The van der Waals surface area contributed by atoms with Crippen LogP contribution in [-0.2, 0) is 16.0 Å². The first-order valence-corrected chi connectivity index (χ1v) is 6.06. The first-order valence-electron chi connectivity index (χ1n) is 5.55. The Hall–Kier alpha value is -1.49. The van der Waals surface area contributed by atoms with Gasteiger partial charge in [-0.2, -0.15) is 12.6 Å². The molecule has 0 aliphatic carbocycles. The van der Waals surface area contributed by atoms with Crippen molar-refractivity contribution in [3.8, 4) is 0 Å². The van der Waals surface area contributed by atoms with Crippen LogP contribution in [0.5, 0.6) is 0 Å². The lowest BCUT2D eigenvalue weighted by Gasteiger charge is -2.16. The highest BCUT2D eigenvalue weighted by atomic mass is 32.1. The summed E-state index contributed by atoms with van der Waals surface area (Å²) in [5, 5.41) is 2.88. The van der Waals surface area contributed by atoms with E-state index in [0.717, 1.165) is 16.9 Å². The van der Waals surface area contributed by atoms with Gasteiger partial charge in [0, 0.05) is 29.6 Å². The molecule has 2 aliphatic rings. The maximum atomic E-state index is 11.7. The second-order valence-corrected chi connectivity index (χ2v) is 5.16. The van der Waals surface area contributed by atoms with E-state index < -0.39 is 0 Å². The number of fused-ring (bicyclic) bond motifs is 1. The van der Waals surface area contributed by atoms with Crippen LogP contribution in [-0.4, -0.2) is 23.6 Å². The second kappa shape index (κ2) is 3.77. The van der Waals surface area contributed by atoms with Crippen molar-refractivity contribution in [2.75, 3.05) is 16.8 Å². The Morgan fingerprint density at radius 3 is 2.88 bits per heavy atom. The third kappa shape index (κ3) is 1.80. The molecule has 2 heterocycles. The van der Waals surface area contributed by atoms with E-state index in [4.69, 9.17) is 0 Å². The number of hydrogen-bond donors (Lipinski definition) is 2. The van der Waals surface area contributed by atoms with Gasteiger partial charge in [-0.05, 0) is 23.8 Å². The lowest BCUT2D eigenvalue weighted by atomic mass is 10.1. The van der Waals surface area contributed by atoms with Crippen molar-refractivity contribution < 1.29 is 9.59 Å². The van der Waals surface area contributed by atoms with E-state index >= 15 is 0 Å². The molecule has 1 aromatic carbocycles. The minimum Gasteiger partial charge on any atom is -0.326 e. The molecule has 4 nitrogen and oxygen atoms in total. The lowest BCUT2D eigenvalue weighted by molar-refractivity contribution is -0.117. The SMILES string of the molecule is O=C1Cc2cc(N3CC(S)CC3=O)ccc2N1. The first-order chi connectivity index (χ1) is 8.13. The van der Waals surface area contributed by atoms with Crippen LogP contribution in [0.2, 0.25) is 0 Å². The minimum atomic E-state index is 0.0111. The fraction of sp³-hybridized carbons (Fsp3) is 0.333. The topological polar surface area (TPSA) is 49.4 Å². The Morgan fingerprint density at radius 1 is 1.35 bits per heavy atom. The molecule has 1 aromatic rings. The highest BCUT2D eigenvalue weighted by Crippen LogP contribution is 2.30. The molecule has 2 aliphatic heterocycles. The standard InChI is InChI=1S/C12H12N2O2S/c15-11-4-7-3-8(1-2-10(7)13-11)14-6-9(17)5-12(14)16/h1-3,9,17H,4-6H2,(H,13,15). The van der Waals surface area contributed by atoms with Gasteiger partial charge in [0.15, 0.2) is 0 Å². The summed E-state index contributed by atoms with van der Waals surface area (Å²) in [6, 6.07) is 5.64. The molecule has 0 bridgehead atoms. The monoisotopic (exact) mass is 248 g/mol. The van der Waals surface area contributed by atoms with Crippen LogP contribution in [0, 0.1) is 0 Å². The molecule has 5 heteroatoms. The number of nitrogens with one attached hydrogen (secondary N) is 1. The van der Waals surface area contributed by atoms with Gasteiger partial charge in [-0.15, -0.1) is 0 Å². The molecule has 0 saturated carbocycles. The number of rotatable bonds is 1. The lowest BCUT2D eigenvalue weighted by Crippen LogP contribution is -2.24. The molecule has 1 saturated heterocycles. The number of carbonyl (C=O) groups is 2. The number of carbonyl (C=O) groups excluding carboxylic acids is 2. The smallest absolute Gasteiger partial charge is 0.228 e. The summed E-state index contributed by atoms with van der Waals surface area (Å²) in [6.45, 7) is 0.641. The van der Waals surface area contributed by atoms with E-state index in [9.17, 15) is 9.59 Å². The predicted molar refractivity (Wildman–Crippen MR) is 68.5 cm³/mol. The molecule has 1 unspecified atom stereocenters. The number of amides is 2. The summed E-state index contributed by atoms with van der Waals surface area (Å²) in [7, 11) is 0. The molecule has 1 N–H and O–H groups in total. The van der Waals surface area contributed by atoms with Crippen LogP contribution < -0.4 is 10.2 Å². The Bertz CT molecular complexity index is 515. The van der Waals surface area contributed by atoms with E-state index in [-0.39, 0.29) is 17.1 Å². The summed E-state index contributed by atoms with van der Waals surface area (Å²) >= 11 is 4.33. The fourth-order valence-corrected chi connectivity index (χ4v) is 2.64. The van der Waals surface area contributed by atoms with Crippen LogP contribution in [0.15, 0.2) is 18.2 Å². The van der Waals surface area contributed by atoms with Gasteiger partial charge in [-0.3, -0.25) is 9.59 Å². The van der Waals surface area contributed by atoms with Crippen LogP contribution in [0.4, 0.5) is 11.4 Å². The van der Waals surface area contributed by atoms with Crippen molar-refractivity contribution in [2.45, 2.75) is 18.1 Å². The van der Waals surface area contributed by atoms with Gasteiger partial charge >= 0.3 is 0 Å². The Balaban J connectivity index is 1.93. The highest BCUT2D eigenvalue weighted by Gasteiger charge is 2.29. The van der Waals surface area contributed by atoms with E-state index in [1.165, 1.54) is 0 Å². The number of nitrogens with zero attached hydrogens (tertiary/aromatic N) is 1. The zero-order chi connectivity index (χ0) is 12.0. The number of benzene rings is 1. The molecule has 88 valence electrons. The van der Waals surface area contributed by atoms with Gasteiger partial charge < -0.3 is 10.2 Å². The average Bonchev–Trinajstić information content (AvgIpc) is 2.78. The molecule has 0 spiro atoms. The van der Waals surface area contributed by atoms with Gasteiger partial charge in [-0.25, -0.2) is 0 Å². The van der Waals surface area contributed by atoms with Crippen LogP contribution in [0.3, 0.4) is 0 Å². The van der Waals surface area contributed by atoms with Crippen LogP contribution in [0.25, 0.3) is 0 Å². The molecule has 0 aromatic heterocycles. The van der Waals surface area contributed by atoms with Gasteiger partial charge in [0.25, 0.3) is 0 Å². The van der Waals surface area contributed by atoms with E-state index in [1.807, 2.05) is 18.2 Å². The van der Waals surface area contributed by atoms with Crippen molar-refractivity contribution >= 4 is 35.8 Å². The molecule has 1 fully saturated rings. The maximum absolute atomic E-state index is 11.7. The zero-order valence-corrected chi connectivity index (χ0v) is 10.0. The number of thiol groups is 1. The van der Waals surface area contributed by atoms with Gasteiger partial charge in [0.1, 0.15) is 0 Å². The quantitative estimate of drug-likeness (QED) is 0.734. The van der Waals surface area contributed by atoms with Crippen LogP contribution >= 0.6 is 12.6 Å². The second-order valence-electron chi connectivity index (χ2n) is 4.43. The third-order valence-electron chi connectivity index (χ3n) is 3.13. The van der Waals surface area contributed by atoms with E-state index in [2.05, 4.69) is 17.9 Å². The fourth-order valence-electron chi connectivity index (χ4n) is 2.32. The molecular formula is C12H12N2O2S. The summed E-state index contributed by atoms with van der Waals surface area (Å²) in [5.74, 6) is 0.110. The minimum absolute atomic E-state index is 0.0111. The van der Waals surface area contributed by atoms with Crippen molar-refractivity contribution in [1.29, 1.82) is 0 Å². The maximum Gasteiger partial charge on any atom is 0.228 e. The van der Waals surface area contributed by atoms with Gasteiger partial charge in [-0.1, -0.05) is 0 Å². The number of anilines is 2. The molecular weight excluding hydrogens is 236 g/mol. The largest absolute Gasteiger partial charge is 0.326 e. The van der Waals surface area contributed by atoms with Crippen molar-refractivity contribution in [3.05, 3.63) is 23.8 Å². The predicted octanol–water partition coefficient (Wildman–Crippen LogP) is 1.22. The normalized spacial score (nSPS) is 22.9. The van der Waals surface area contributed by atoms with Crippen molar-refractivity contribution in [2.24, 2.45) is 0 Å². The molecule has 1 atom stereocenters. The van der Waals surface area contributed by atoms with Crippen molar-refractivity contribution in [1.82, 2.24) is 0 Å². The zero-order valence-electron chi connectivity index (χ0n) is 9.14. The molecule has 3 rings (SSSR count). The summed E-state index contributed by atoms with van der Waals surface area (Å²) in [5.41, 5.74) is 2.68. The third-order valence-corrected chi connectivity index (χ3v) is 3.48. The Labute approximate surface area is 104 Å². The van der Waals surface area contributed by atoms with Crippen molar-refractivity contribution in [3.63, 3.8) is 0 Å². The molecule has 17 heavy (non-hydrogen) atoms. The van der Waals surface area contributed by atoms with Gasteiger partial charge in [0.05, 0.1) is 6.42 Å². The Kier molecular flexibility index (Phi) is 2.36. The summed E-state index contributed by atoms with van der Waals surface area (Å²) in [6.07, 6.45) is 0.882. The average molecular weight is 248 g/mol. The molecule has 2 amide bonds. The van der Waals surface area contributed by atoms with E-state index in [0.29, 0.717) is 19.4 Å². The highest BCUT2D eigenvalue weighted by molar-refractivity contribution is 7.81. The number of hydrogen-bond acceptors (Lipinski definition) is 3. The van der Waals surface area contributed by atoms with E-state index in [1.54, 1.807) is 4.90 Å². The first kappa shape index (κ1) is 10.7.